The van der Waals surface area contributed by atoms with Crippen molar-refractivity contribution in [3.63, 3.8) is 0 Å². The topological polar surface area (TPSA) is 64.2 Å². The molecule has 0 heterocycles. The van der Waals surface area contributed by atoms with Crippen LogP contribution in [0.25, 0.3) is 0 Å². The number of hydrogen-bond acceptors (Lipinski definition) is 3. The second-order valence-corrected chi connectivity index (χ2v) is 6.28. The molecule has 20 heavy (non-hydrogen) atoms. The Morgan fingerprint density at radius 1 is 0.950 bits per heavy atom. The van der Waals surface area contributed by atoms with Gasteiger partial charge in [-0.2, -0.15) is 5.26 Å². The molecule has 0 radical (unpaired) electrons. The number of hydrogen-bond donors (Lipinski definition) is 2. The van der Waals surface area contributed by atoms with Gasteiger partial charge in [0.05, 0.1) is 15.0 Å². The standard InChI is InChI=1S/C15H11Br2NO2/c1-15(8-18,9-2-4-13(19)11(16)6-9)10-3-5-14(20)12(17)7-10/h2-7,19-20H,1H3. The van der Waals surface area contributed by atoms with Crippen molar-refractivity contribution in [1.29, 1.82) is 5.26 Å². The second-order valence-electron chi connectivity index (χ2n) is 4.57. The number of nitrogens with zero attached hydrogens (tertiary/aromatic N) is 1. The quantitative estimate of drug-likeness (QED) is 0.787. The largest absolute Gasteiger partial charge is 0.507 e. The summed E-state index contributed by atoms with van der Waals surface area (Å²) in [5.41, 5.74) is 0.622. The van der Waals surface area contributed by atoms with E-state index in [4.69, 9.17) is 0 Å². The van der Waals surface area contributed by atoms with E-state index in [9.17, 15) is 15.5 Å². The summed E-state index contributed by atoms with van der Waals surface area (Å²) in [5, 5.41) is 28.7. The van der Waals surface area contributed by atoms with Gasteiger partial charge in [-0.3, -0.25) is 0 Å². The summed E-state index contributed by atoms with van der Waals surface area (Å²) in [7, 11) is 0. The van der Waals surface area contributed by atoms with Crippen molar-refractivity contribution in [2.24, 2.45) is 0 Å². The number of aromatic hydroxyl groups is 2. The van der Waals surface area contributed by atoms with Crippen LogP contribution in [-0.2, 0) is 5.41 Å². The minimum atomic E-state index is -0.882. The first-order chi connectivity index (χ1) is 9.38. The third kappa shape index (κ3) is 2.54. The van der Waals surface area contributed by atoms with Crippen molar-refractivity contribution in [2.75, 3.05) is 0 Å². The molecule has 0 saturated carbocycles. The summed E-state index contributed by atoms with van der Waals surface area (Å²) in [6, 6.07) is 12.3. The molecule has 0 aromatic heterocycles. The van der Waals surface area contributed by atoms with E-state index in [1.807, 2.05) is 0 Å². The van der Waals surface area contributed by atoms with Crippen LogP contribution in [0.4, 0.5) is 0 Å². The Hall–Kier alpha value is -1.51. The molecule has 0 spiro atoms. The molecule has 0 fully saturated rings. The molecule has 2 N–H and O–H groups in total. The van der Waals surface area contributed by atoms with Gasteiger partial charge in [-0.25, -0.2) is 0 Å². The van der Waals surface area contributed by atoms with Crippen LogP contribution >= 0.6 is 31.9 Å². The van der Waals surface area contributed by atoms with Crippen LogP contribution in [0.3, 0.4) is 0 Å². The molecule has 102 valence electrons. The molecule has 2 rings (SSSR count). The lowest BCUT2D eigenvalue weighted by atomic mass is 9.77. The molecule has 3 nitrogen and oxygen atoms in total. The maximum Gasteiger partial charge on any atom is 0.129 e. The number of benzene rings is 2. The lowest BCUT2D eigenvalue weighted by Gasteiger charge is -2.23. The van der Waals surface area contributed by atoms with Gasteiger partial charge in [0, 0.05) is 0 Å². The molecule has 5 heteroatoms. The van der Waals surface area contributed by atoms with E-state index in [0.717, 1.165) is 11.1 Å². The predicted molar refractivity (Wildman–Crippen MR) is 83.7 cm³/mol. The van der Waals surface area contributed by atoms with E-state index in [2.05, 4.69) is 37.9 Å². The van der Waals surface area contributed by atoms with Crippen molar-refractivity contribution < 1.29 is 10.2 Å². The number of phenolic OH excluding ortho intramolecular Hbond substituents is 2. The third-order valence-electron chi connectivity index (χ3n) is 3.27. The molecule has 2 aromatic rings. The Balaban J connectivity index is 2.61. The summed E-state index contributed by atoms with van der Waals surface area (Å²) in [5.74, 6) is 0.252. The lowest BCUT2D eigenvalue weighted by Crippen LogP contribution is -2.21. The molecule has 0 bridgehead atoms. The molecule has 0 aliphatic rings. The summed E-state index contributed by atoms with van der Waals surface area (Å²) >= 11 is 6.52. The Morgan fingerprint density at radius 3 is 1.65 bits per heavy atom. The van der Waals surface area contributed by atoms with Crippen LogP contribution in [0, 0.1) is 11.3 Å². The lowest BCUT2D eigenvalue weighted by molar-refractivity contribution is 0.471. The van der Waals surface area contributed by atoms with Gasteiger partial charge in [0.25, 0.3) is 0 Å². The first-order valence-electron chi connectivity index (χ1n) is 5.77. The third-order valence-corrected chi connectivity index (χ3v) is 4.54. The van der Waals surface area contributed by atoms with Crippen LogP contribution in [0.15, 0.2) is 45.3 Å². The molecular weight excluding hydrogens is 386 g/mol. The smallest absolute Gasteiger partial charge is 0.129 e. The van der Waals surface area contributed by atoms with Crippen LogP contribution in [0.1, 0.15) is 18.1 Å². The Morgan fingerprint density at radius 2 is 1.35 bits per heavy atom. The highest BCUT2D eigenvalue weighted by Gasteiger charge is 2.30. The Kier molecular flexibility index (Phi) is 4.07. The fraction of sp³-hybridized carbons (Fsp3) is 0.133. The van der Waals surface area contributed by atoms with E-state index in [1.54, 1.807) is 43.3 Å². The second kappa shape index (κ2) is 5.47. The Labute approximate surface area is 133 Å². The SMILES string of the molecule is CC(C#N)(c1ccc(O)c(Br)c1)c1ccc(O)c(Br)c1. The van der Waals surface area contributed by atoms with Gasteiger partial charge in [0.2, 0.25) is 0 Å². The molecular formula is C15H11Br2NO2. The van der Waals surface area contributed by atoms with Gasteiger partial charge >= 0.3 is 0 Å². The summed E-state index contributed by atoms with van der Waals surface area (Å²) in [4.78, 5) is 0. The van der Waals surface area contributed by atoms with E-state index < -0.39 is 5.41 Å². The molecule has 0 atom stereocenters. The fourth-order valence-corrected chi connectivity index (χ4v) is 2.69. The molecule has 0 amide bonds. The monoisotopic (exact) mass is 395 g/mol. The van der Waals surface area contributed by atoms with Gasteiger partial charge in [-0.15, -0.1) is 0 Å². The van der Waals surface area contributed by atoms with Gasteiger partial charge < -0.3 is 10.2 Å². The van der Waals surface area contributed by atoms with E-state index in [0.29, 0.717) is 8.95 Å². The summed E-state index contributed by atoms with van der Waals surface area (Å²) in [6.45, 7) is 1.80. The van der Waals surface area contributed by atoms with Crippen LogP contribution in [0.5, 0.6) is 11.5 Å². The number of phenols is 2. The summed E-state index contributed by atoms with van der Waals surface area (Å²) in [6.07, 6.45) is 0. The first-order valence-corrected chi connectivity index (χ1v) is 7.36. The first kappa shape index (κ1) is 14.9. The highest BCUT2D eigenvalue weighted by molar-refractivity contribution is 9.10. The number of nitriles is 1. The van der Waals surface area contributed by atoms with Crippen LogP contribution < -0.4 is 0 Å². The maximum atomic E-state index is 9.61. The van der Waals surface area contributed by atoms with E-state index in [-0.39, 0.29) is 11.5 Å². The van der Waals surface area contributed by atoms with Crippen LogP contribution in [0.2, 0.25) is 0 Å². The predicted octanol–water partition coefficient (Wildman–Crippen LogP) is 4.45. The molecule has 2 aromatic carbocycles. The number of rotatable bonds is 2. The van der Waals surface area contributed by atoms with Gasteiger partial charge in [0.15, 0.2) is 0 Å². The number of halogens is 2. The van der Waals surface area contributed by atoms with Gasteiger partial charge in [-0.05, 0) is 74.2 Å². The zero-order valence-electron chi connectivity index (χ0n) is 10.6. The van der Waals surface area contributed by atoms with Crippen molar-refractivity contribution in [3.05, 3.63) is 56.5 Å². The van der Waals surface area contributed by atoms with Crippen molar-refractivity contribution in [2.45, 2.75) is 12.3 Å². The normalized spacial score (nSPS) is 11.1. The highest BCUT2D eigenvalue weighted by Crippen LogP contribution is 2.37. The minimum absolute atomic E-state index is 0.126. The van der Waals surface area contributed by atoms with E-state index >= 15 is 0 Å². The molecule has 0 unspecified atom stereocenters. The summed E-state index contributed by atoms with van der Waals surface area (Å²) < 4.78 is 1.07. The maximum absolute atomic E-state index is 9.61. The van der Waals surface area contributed by atoms with Crippen molar-refractivity contribution in [3.8, 4) is 17.6 Å². The van der Waals surface area contributed by atoms with Crippen molar-refractivity contribution in [1.82, 2.24) is 0 Å². The molecule has 0 saturated heterocycles. The van der Waals surface area contributed by atoms with E-state index in [1.165, 1.54) is 0 Å². The highest BCUT2D eigenvalue weighted by atomic mass is 79.9. The zero-order valence-corrected chi connectivity index (χ0v) is 13.7. The van der Waals surface area contributed by atoms with Gasteiger partial charge in [-0.1, -0.05) is 12.1 Å². The molecule has 0 aliphatic carbocycles. The Bertz CT molecular complexity index is 656. The van der Waals surface area contributed by atoms with Gasteiger partial charge in [0.1, 0.15) is 16.9 Å². The van der Waals surface area contributed by atoms with Crippen LogP contribution in [-0.4, -0.2) is 10.2 Å². The zero-order chi connectivity index (χ0) is 14.9. The average molecular weight is 397 g/mol. The van der Waals surface area contributed by atoms with Crippen molar-refractivity contribution >= 4 is 31.9 Å². The fourth-order valence-electron chi connectivity index (χ4n) is 1.93. The average Bonchev–Trinajstić information content (AvgIpc) is 2.44. The minimum Gasteiger partial charge on any atom is -0.507 e. The molecule has 0 aliphatic heterocycles.